The number of rotatable bonds is 0. The van der Waals surface area contributed by atoms with Gasteiger partial charge < -0.3 is 5.73 Å². The molecular formula is C10H18Cl4N2. The quantitative estimate of drug-likeness (QED) is 0.797. The van der Waals surface area contributed by atoms with Crippen molar-refractivity contribution < 1.29 is 0 Å². The van der Waals surface area contributed by atoms with Crippen LogP contribution in [-0.4, -0.2) is 4.98 Å². The van der Waals surface area contributed by atoms with E-state index in [1.165, 1.54) is 12.0 Å². The summed E-state index contributed by atoms with van der Waals surface area (Å²) in [7, 11) is 0. The lowest BCUT2D eigenvalue weighted by atomic mass is 9.92. The number of hydrogen-bond donors (Lipinski definition) is 1. The van der Waals surface area contributed by atoms with Gasteiger partial charge in [-0.1, -0.05) is 6.07 Å². The topological polar surface area (TPSA) is 38.9 Å². The lowest BCUT2D eigenvalue weighted by Gasteiger charge is -2.20. The first-order valence-corrected chi connectivity index (χ1v) is 4.49. The van der Waals surface area contributed by atoms with Gasteiger partial charge in [-0.15, -0.1) is 49.6 Å². The van der Waals surface area contributed by atoms with E-state index in [1.54, 1.807) is 0 Å². The Morgan fingerprint density at radius 3 is 2.44 bits per heavy atom. The Kier molecular flexibility index (Phi) is 12.5. The molecule has 0 amide bonds. The average Bonchev–Trinajstić information content (AvgIpc) is 2.07. The van der Waals surface area contributed by atoms with E-state index in [4.69, 9.17) is 5.73 Å². The second-order valence-corrected chi connectivity index (χ2v) is 3.50. The maximum atomic E-state index is 5.95. The van der Waals surface area contributed by atoms with Crippen molar-refractivity contribution in [1.82, 2.24) is 4.98 Å². The van der Waals surface area contributed by atoms with Crippen molar-refractivity contribution in [2.75, 3.05) is 0 Å². The molecule has 6 heteroatoms. The second-order valence-electron chi connectivity index (χ2n) is 3.50. The molecule has 0 spiro atoms. The van der Waals surface area contributed by atoms with Gasteiger partial charge in [0.1, 0.15) is 0 Å². The van der Waals surface area contributed by atoms with Crippen LogP contribution in [0.4, 0.5) is 0 Å². The van der Waals surface area contributed by atoms with E-state index >= 15 is 0 Å². The molecule has 1 aromatic rings. The summed E-state index contributed by atoms with van der Waals surface area (Å²) in [5.74, 6) is 0. The highest BCUT2D eigenvalue weighted by atomic mass is 35.5. The molecule has 1 unspecified atom stereocenters. The van der Waals surface area contributed by atoms with Crippen LogP contribution in [0.25, 0.3) is 0 Å². The minimum Gasteiger partial charge on any atom is -0.323 e. The van der Waals surface area contributed by atoms with Gasteiger partial charge in [0.15, 0.2) is 0 Å². The number of halogens is 4. The maximum absolute atomic E-state index is 5.95. The molecule has 1 aliphatic carbocycles. The van der Waals surface area contributed by atoms with Crippen molar-refractivity contribution in [3.8, 4) is 0 Å². The van der Waals surface area contributed by atoms with Crippen molar-refractivity contribution in [3.05, 3.63) is 29.1 Å². The zero-order valence-electron chi connectivity index (χ0n) is 9.01. The number of fused-ring (bicyclic) bond motifs is 1. The third-order valence-electron chi connectivity index (χ3n) is 2.46. The monoisotopic (exact) mass is 306 g/mol. The van der Waals surface area contributed by atoms with Crippen molar-refractivity contribution in [2.24, 2.45) is 5.73 Å². The Morgan fingerprint density at radius 2 is 1.81 bits per heavy atom. The van der Waals surface area contributed by atoms with E-state index in [1.807, 2.05) is 6.92 Å². The highest BCUT2D eigenvalue weighted by molar-refractivity contribution is 5.86. The molecule has 1 heterocycles. The molecule has 0 saturated carbocycles. The molecule has 1 aliphatic rings. The predicted molar refractivity (Wildman–Crippen MR) is 77.8 cm³/mol. The predicted octanol–water partition coefficient (Wildman–Crippen LogP) is 3.41. The molecule has 0 saturated heterocycles. The molecule has 0 bridgehead atoms. The summed E-state index contributed by atoms with van der Waals surface area (Å²) in [6.45, 7) is 2.02. The molecule has 2 nitrogen and oxygen atoms in total. The molecule has 16 heavy (non-hydrogen) atoms. The zero-order valence-corrected chi connectivity index (χ0v) is 12.3. The maximum Gasteiger partial charge on any atom is 0.0606 e. The van der Waals surface area contributed by atoms with E-state index in [0.29, 0.717) is 0 Å². The molecule has 2 N–H and O–H groups in total. The van der Waals surface area contributed by atoms with E-state index in [2.05, 4.69) is 17.1 Å². The molecule has 1 atom stereocenters. The Morgan fingerprint density at radius 1 is 1.19 bits per heavy atom. The third kappa shape index (κ3) is 4.64. The summed E-state index contributed by atoms with van der Waals surface area (Å²) >= 11 is 0. The second kappa shape index (κ2) is 9.32. The van der Waals surface area contributed by atoms with E-state index < -0.39 is 0 Å². The average molecular weight is 308 g/mol. The van der Waals surface area contributed by atoms with Crippen LogP contribution < -0.4 is 5.73 Å². The molecule has 96 valence electrons. The van der Waals surface area contributed by atoms with Gasteiger partial charge in [0.2, 0.25) is 0 Å². The summed E-state index contributed by atoms with van der Waals surface area (Å²) < 4.78 is 0. The summed E-state index contributed by atoms with van der Waals surface area (Å²) in [6.07, 6.45) is 3.44. The number of pyridine rings is 1. The van der Waals surface area contributed by atoms with Crippen LogP contribution in [-0.2, 0) is 6.42 Å². The molecule has 1 aromatic heterocycles. The summed E-state index contributed by atoms with van der Waals surface area (Å²) in [4.78, 5) is 4.47. The van der Waals surface area contributed by atoms with Gasteiger partial charge in [-0.2, -0.15) is 0 Å². The molecule has 0 aromatic carbocycles. The fraction of sp³-hybridized carbons (Fsp3) is 0.500. The number of nitrogens with zero attached hydrogens (tertiary/aromatic N) is 1. The van der Waals surface area contributed by atoms with Crippen LogP contribution in [0, 0.1) is 6.92 Å². The van der Waals surface area contributed by atoms with E-state index in [9.17, 15) is 0 Å². The number of aryl methyl sites for hydroxylation is 2. The van der Waals surface area contributed by atoms with Crippen LogP contribution in [0.15, 0.2) is 12.1 Å². The van der Waals surface area contributed by atoms with Crippen LogP contribution in [0.2, 0.25) is 0 Å². The Bertz CT molecular complexity index is 307. The van der Waals surface area contributed by atoms with Crippen LogP contribution in [0.1, 0.15) is 35.8 Å². The summed E-state index contributed by atoms with van der Waals surface area (Å²) in [6, 6.07) is 4.40. The Labute approximate surface area is 121 Å². The highest BCUT2D eigenvalue weighted by Crippen LogP contribution is 2.25. The molecule has 0 radical (unpaired) electrons. The van der Waals surface area contributed by atoms with Crippen molar-refractivity contribution >= 4 is 49.6 Å². The van der Waals surface area contributed by atoms with Gasteiger partial charge in [0.25, 0.3) is 0 Å². The fourth-order valence-corrected chi connectivity index (χ4v) is 1.79. The molecule has 0 aliphatic heterocycles. The first-order valence-electron chi connectivity index (χ1n) is 4.49. The third-order valence-corrected chi connectivity index (χ3v) is 2.46. The summed E-state index contributed by atoms with van der Waals surface area (Å²) in [5.41, 5.74) is 9.50. The Balaban J connectivity index is -0.000000422. The van der Waals surface area contributed by atoms with Gasteiger partial charge >= 0.3 is 0 Å². The van der Waals surface area contributed by atoms with Gasteiger partial charge in [-0.3, -0.25) is 4.98 Å². The lowest BCUT2D eigenvalue weighted by Crippen LogP contribution is -2.19. The minimum absolute atomic E-state index is 0. The van der Waals surface area contributed by atoms with Crippen LogP contribution >= 0.6 is 49.6 Å². The number of aromatic nitrogens is 1. The first-order chi connectivity index (χ1) is 5.77. The molecule has 0 fully saturated rings. The van der Waals surface area contributed by atoms with Crippen molar-refractivity contribution in [3.63, 3.8) is 0 Å². The molecule has 2 rings (SSSR count). The van der Waals surface area contributed by atoms with Crippen molar-refractivity contribution in [1.29, 1.82) is 0 Å². The smallest absolute Gasteiger partial charge is 0.0606 e. The normalized spacial score (nSPS) is 16.5. The van der Waals surface area contributed by atoms with E-state index in [-0.39, 0.29) is 55.7 Å². The van der Waals surface area contributed by atoms with Crippen LogP contribution in [0.3, 0.4) is 0 Å². The first kappa shape index (κ1) is 21.5. The SMILES string of the molecule is Cc1ccc2c(n1)C(N)CCC2.Cl.Cl.Cl.Cl. The van der Waals surface area contributed by atoms with Crippen molar-refractivity contribution in [2.45, 2.75) is 32.2 Å². The summed E-state index contributed by atoms with van der Waals surface area (Å²) in [5, 5.41) is 0. The standard InChI is InChI=1S/C10H14N2.4ClH/c1-7-5-6-8-3-2-4-9(11)10(8)12-7;;;;/h5-6,9H,2-4,11H2,1H3;4*1H. The molecular weight excluding hydrogens is 290 g/mol. The lowest BCUT2D eigenvalue weighted by molar-refractivity contribution is 0.552. The number of hydrogen-bond acceptors (Lipinski definition) is 2. The minimum atomic E-state index is 0. The van der Waals surface area contributed by atoms with Gasteiger partial charge in [-0.05, 0) is 37.8 Å². The van der Waals surface area contributed by atoms with Crippen LogP contribution in [0.5, 0.6) is 0 Å². The van der Waals surface area contributed by atoms with Gasteiger partial charge in [0, 0.05) is 11.7 Å². The Hall–Kier alpha value is 0.270. The fourth-order valence-electron chi connectivity index (χ4n) is 1.79. The highest BCUT2D eigenvalue weighted by Gasteiger charge is 2.17. The van der Waals surface area contributed by atoms with E-state index in [0.717, 1.165) is 24.2 Å². The largest absolute Gasteiger partial charge is 0.323 e. The van der Waals surface area contributed by atoms with Gasteiger partial charge in [0.05, 0.1) is 5.69 Å². The zero-order chi connectivity index (χ0) is 8.55. The van der Waals surface area contributed by atoms with Gasteiger partial charge in [-0.25, -0.2) is 0 Å². The number of nitrogens with two attached hydrogens (primary N) is 1.